The van der Waals surface area contributed by atoms with E-state index in [1.54, 1.807) is 24.5 Å². The summed E-state index contributed by atoms with van der Waals surface area (Å²) < 4.78 is 29.9. The zero-order valence-corrected chi connectivity index (χ0v) is 16.3. The number of carbonyl (C=O) groups excluding carboxylic acids is 1. The SMILES string of the molecule is COc1cc2c(cc1C(=O)Nc1ccncc1)S(=O)(=O)CCC2N.Cl.Cl. The highest BCUT2D eigenvalue weighted by Crippen LogP contribution is 2.36. The van der Waals surface area contributed by atoms with Gasteiger partial charge in [-0.1, -0.05) is 0 Å². The second-order valence-corrected chi connectivity index (χ2v) is 7.57. The molecule has 1 amide bonds. The van der Waals surface area contributed by atoms with Crippen LogP contribution in [0.3, 0.4) is 0 Å². The number of benzene rings is 1. The van der Waals surface area contributed by atoms with Crippen molar-refractivity contribution in [3.8, 4) is 5.75 Å². The van der Waals surface area contributed by atoms with Gasteiger partial charge in [-0.25, -0.2) is 8.42 Å². The Morgan fingerprint density at radius 2 is 1.92 bits per heavy atom. The molecular weight excluding hydrogens is 401 g/mol. The van der Waals surface area contributed by atoms with Gasteiger partial charge in [-0.2, -0.15) is 0 Å². The highest BCUT2D eigenvalue weighted by atomic mass is 35.5. The Morgan fingerprint density at radius 1 is 1.27 bits per heavy atom. The first-order valence-corrected chi connectivity index (χ1v) is 8.99. The van der Waals surface area contributed by atoms with Gasteiger partial charge in [0, 0.05) is 24.1 Å². The number of carbonyl (C=O) groups is 1. The zero-order chi connectivity index (χ0) is 17.3. The molecule has 7 nitrogen and oxygen atoms in total. The van der Waals surface area contributed by atoms with Crippen molar-refractivity contribution in [2.24, 2.45) is 5.73 Å². The molecule has 26 heavy (non-hydrogen) atoms. The number of fused-ring (bicyclic) bond motifs is 1. The van der Waals surface area contributed by atoms with Crippen LogP contribution in [0.2, 0.25) is 0 Å². The minimum Gasteiger partial charge on any atom is -0.496 e. The number of hydrogen-bond acceptors (Lipinski definition) is 6. The lowest BCUT2D eigenvalue weighted by Crippen LogP contribution is -2.26. The predicted molar refractivity (Wildman–Crippen MR) is 103 cm³/mol. The molecule has 1 atom stereocenters. The molecular formula is C16H19Cl2N3O4S. The summed E-state index contributed by atoms with van der Waals surface area (Å²) in [6.45, 7) is 0. The molecule has 0 fully saturated rings. The van der Waals surface area contributed by atoms with Crippen LogP contribution in [0, 0.1) is 0 Å². The molecule has 1 unspecified atom stereocenters. The molecule has 0 saturated heterocycles. The largest absolute Gasteiger partial charge is 0.496 e. The monoisotopic (exact) mass is 419 g/mol. The Bertz CT molecular complexity index is 892. The number of amides is 1. The Hall–Kier alpha value is -1.87. The minimum absolute atomic E-state index is 0. The van der Waals surface area contributed by atoms with Crippen LogP contribution < -0.4 is 15.8 Å². The lowest BCUT2D eigenvalue weighted by Gasteiger charge is -2.24. The van der Waals surface area contributed by atoms with Gasteiger partial charge in [0.15, 0.2) is 9.84 Å². The maximum atomic E-state index is 12.5. The molecule has 10 heteroatoms. The smallest absolute Gasteiger partial charge is 0.259 e. The fourth-order valence-corrected chi connectivity index (χ4v) is 4.31. The van der Waals surface area contributed by atoms with Crippen LogP contribution in [0.5, 0.6) is 5.75 Å². The summed E-state index contributed by atoms with van der Waals surface area (Å²) in [4.78, 5) is 16.5. The summed E-state index contributed by atoms with van der Waals surface area (Å²) in [7, 11) is -2.03. The second kappa shape index (κ2) is 8.68. The third kappa shape index (κ3) is 4.27. The highest BCUT2D eigenvalue weighted by molar-refractivity contribution is 7.91. The topological polar surface area (TPSA) is 111 Å². The molecule has 1 aliphatic heterocycles. The van der Waals surface area contributed by atoms with Gasteiger partial charge in [-0.05, 0) is 36.2 Å². The van der Waals surface area contributed by atoms with Crippen molar-refractivity contribution >= 4 is 46.2 Å². The summed E-state index contributed by atoms with van der Waals surface area (Å²) in [6, 6.07) is 5.76. The van der Waals surface area contributed by atoms with Gasteiger partial charge in [0.05, 0.1) is 23.3 Å². The van der Waals surface area contributed by atoms with Crippen LogP contribution in [0.1, 0.15) is 28.4 Å². The normalized spacial score (nSPS) is 17.1. The standard InChI is InChI=1S/C16H17N3O4S.2ClH/c1-23-14-8-11-13(17)4-7-24(21,22)15(11)9-12(14)16(20)19-10-2-5-18-6-3-10;;/h2-3,5-6,8-9,13H,4,7,17H2,1H3,(H,18,19,20);2*1H. The maximum absolute atomic E-state index is 12.5. The maximum Gasteiger partial charge on any atom is 0.259 e. The molecule has 2 heterocycles. The van der Waals surface area contributed by atoms with Gasteiger partial charge in [0.25, 0.3) is 5.91 Å². The van der Waals surface area contributed by atoms with Gasteiger partial charge in [-0.3, -0.25) is 9.78 Å². The molecule has 0 bridgehead atoms. The molecule has 3 rings (SSSR count). The number of methoxy groups -OCH3 is 1. The van der Waals surface area contributed by atoms with E-state index in [0.29, 0.717) is 17.7 Å². The molecule has 0 saturated carbocycles. The van der Waals surface area contributed by atoms with Gasteiger partial charge in [0.2, 0.25) is 0 Å². The van der Waals surface area contributed by atoms with E-state index in [0.717, 1.165) is 0 Å². The van der Waals surface area contributed by atoms with E-state index in [1.807, 2.05) is 0 Å². The number of pyridine rings is 1. The van der Waals surface area contributed by atoms with Crippen LogP contribution in [-0.4, -0.2) is 32.2 Å². The quantitative estimate of drug-likeness (QED) is 0.789. The van der Waals surface area contributed by atoms with E-state index < -0.39 is 21.8 Å². The number of halogens is 2. The third-order valence-corrected chi connectivity index (χ3v) is 5.74. The van der Waals surface area contributed by atoms with E-state index >= 15 is 0 Å². The average molecular weight is 420 g/mol. The van der Waals surface area contributed by atoms with E-state index in [-0.39, 0.29) is 46.8 Å². The van der Waals surface area contributed by atoms with E-state index in [9.17, 15) is 13.2 Å². The molecule has 0 aliphatic carbocycles. The van der Waals surface area contributed by atoms with Crippen LogP contribution in [0.15, 0.2) is 41.6 Å². The Morgan fingerprint density at radius 3 is 2.54 bits per heavy atom. The third-order valence-electron chi connectivity index (χ3n) is 3.95. The van der Waals surface area contributed by atoms with E-state index in [4.69, 9.17) is 10.5 Å². The lowest BCUT2D eigenvalue weighted by atomic mass is 10.0. The van der Waals surface area contributed by atoms with Gasteiger partial charge >= 0.3 is 0 Å². The lowest BCUT2D eigenvalue weighted by molar-refractivity contribution is 0.102. The average Bonchev–Trinajstić information content (AvgIpc) is 2.58. The fourth-order valence-electron chi connectivity index (χ4n) is 2.66. The van der Waals surface area contributed by atoms with Gasteiger partial charge in [-0.15, -0.1) is 24.8 Å². The number of hydrogen-bond donors (Lipinski definition) is 2. The van der Waals surface area contributed by atoms with Gasteiger partial charge in [0.1, 0.15) is 5.75 Å². The number of nitrogens with two attached hydrogens (primary N) is 1. The number of aromatic nitrogens is 1. The van der Waals surface area contributed by atoms with Crippen molar-refractivity contribution in [2.75, 3.05) is 18.2 Å². The van der Waals surface area contributed by atoms with Crippen molar-refractivity contribution in [1.82, 2.24) is 4.98 Å². The number of nitrogens with zero attached hydrogens (tertiary/aromatic N) is 1. The van der Waals surface area contributed by atoms with Crippen molar-refractivity contribution in [3.63, 3.8) is 0 Å². The van der Waals surface area contributed by atoms with Crippen molar-refractivity contribution < 1.29 is 17.9 Å². The molecule has 3 N–H and O–H groups in total. The second-order valence-electron chi connectivity index (χ2n) is 5.49. The Kier molecular flexibility index (Phi) is 7.40. The Labute approximate surface area is 164 Å². The number of nitrogens with one attached hydrogen (secondary N) is 1. The van der Waals surface area contributed by atoms with Crippen LogP contribution in [0.4, 0.5) is 5.69 Å². The predicted octanol–water partition coefficient (Wildman–Crippen LogP) is 2.36. The fraction of sp³-hybridized carbons (Fsp3) is 0.250. The number of sulfone groups is 1. The molecule has 1 aromatic carbocycles. The summed E-state index contributed by atoms with van der Waals surface area (Å²) in [5.41, 5.74) is 7.19. The number of ether oxygens (including phenoxy) is 1. The van der Waals surface area contributed by atoms with Crippen molar-refractivity contribution in [3.05, 3.63) is 47.8 Å². The molecule has 0 spiro atoms. The first-order chi connectivity index (χ1) is 11.4. The van der Waals surface area contributed by atoms with Crippen LogP contribution in [0.25, 0.3) is 0 Å². The number of rotatable bonds is 3. The van der Waals surface area contributed by atoms with E-state index in [2.05, 4.69) is 10.3 Å². The minimum atomic E-state index is -3.45. The van der Waals surface area contributed by atoms with Crippen molar-refractivity contribution in [2.45, 2.75) is 17.4 Å². The summed E-state index contributed by atoms with van der Waals surface area (Å²) in [5, 5.41) is 2.69. The van der Waals surface area contributed by atoms with Crippen LogP contribution in [-0.2, 0) is 9.84 Å². The van der Waals surface area contributed by atoms with Crippen molar-refractivity contribution in [1.29, 1.82) is 0 Å². The first-order valence-electron chi connectivity index (χ1n) is 7.34. The Balaban J connectivity index is 0.00000169. The summed E-state index contributed by atoms with van der Waals surface area (Å²) in [5.74, 6) is -0.207. The van der Waals surface area contributed by atoms with Crippen LogP contribution >= 0.6 is 24.8 Å². The number of anilines is 1. The summed E-state index contributed by atoms with van der Waals surface area (Å²) in [6.07, 6.45) is 3.44. The molecule has 0 radical (unpaired) electrons. The first kappa shape index (κ1) is 22.2. The summed E-state index contributed by atoms with van der Waals surface area (Å²) >= 11 is 0. The highest BCUT2D eigenvalue weighted by Gasteiger charge is 2.31. The molecule has 2 aromatic rings. The zero-order valence-electron chi connectivity index (χ0n) is 13.8. The van der Waals surface area contributed by atoms with E-state index in [1.165, 1.54) is 19.2 Å². The molecule has 142 valence electrons. The van der Waals surface area contributed by atoms with Gasteiger partial charge < -0.3 is 15.8 Å². The molecule has 1 aromatic heterocycles. The molecule has 1 aliphatic rings.